The van der Waals surface area contributed by atoms with Crippen molar-refractivity contribution in [3.8, 4) is 23.5 Å². The maximum atomic E-state index is 9.93. The van der Waals surface area contributed by atoms with Gasteiger partial charge < -0.3 is 15.0 Å². The second-order valence-corrected chi connectivity index (χ2v) is 12.3. The first-order valence-electron chi connectivity index (χ1n) is 13.0. The number of nitriles is 1. The van der Waals surface area contributed by atoms with Crippen LogP contribution in [-0.2, 0) is 18.3 Å². The zero-order valence-electron chi connectivity index (χ0n) is 21.4. The van der Waals surface area contributed by atoms with Crippen LogP contribution in [0.2, 0.25) is 5.15 Å². The molecule has 6 rings (SSSR count). The lowest BCUT2D eigenvalue weighted by Gasteiger charge is -2.39. The molecule has 4 heterocycles. The number of aromatic nitrogens is 3. The monoisotopic (exact) mass is 538 g/mol. The third kappa shape index (κ3) is 3.92. The molecule has 1 saturated heterocycles. The van der Waals surface area contributed by atoms with E-state index in [9.17, 15) is 5.26 Å². The summed E-state index contributed by atoms with van der Waals surface area (Å²) >= 11 is 7.99. The Hall–Kier alpha value is -2.67. The standard InChI is InChI=1S/C27H31ClN6O2S/c1-14-8-11-34(3)23(14)15(2)35-20-12-19(28)31-26(32-20)22-16-6-4-9-27(24(16)36-33-22)10-5-7-18-21(27)17(13-29)25(30)37-18/h12,14-15,23H,4-11,30H2,1-3H3/t14-,15-,23-,27-/m0/s1. The number of likely N-dealkylation sites (tertiary alicyclic amines) is 1. The van der Waals surface area contributed by atoms with Gasteiger partial charge in [-0.15, -0.1) is 11.3 Å². The Bertz CT molecular complexity index is 1380. The molecule has 0 unspecified atom stereocenters. The van der Waals surface area contributed by atoms with E-state index < -0.39 is 0 Å². The largest absolute Gasteiger partial charge is 0.473 e. The van der Waals surface area contributed by atoms with Gasteiger partial charge in [0.1, 0.15) is 22.3 Å². The topological polar surface area (TPSA) is 114 Å². The molecule has 0 radical (unpaired) electrons. The molecule has 0 amide bonds. The van der Waals surface area contributed by atoms with E-state index >= 15 is 0 Å². The van der Waals surface area contributed by atoms with Gasteiger partial charge in [-0.05, 0) is 76.9 Å². The van der Waals surface area contributed by atoms with Gasteiger partial charge in [0.15, 0.2) is 17.3 Å². The fourth-order valence-electron chi connectivity index (χ4n) is 7.02. The summed E-state index contributed by atoms with van der Waals surface area (Å²) in [6, 6.07) is 4.34. The zero-order chi connectivity index (χ0) is 25.9. The summed E-state index contributed by atoms with van der Waals surface area (Å²) in [5.41, 5.74) is 9.13. The van der Waals surface area contributed by atoms with E-state index in [0.717, 1.165) is 68.4 Å². The molecule has 1 fully saturated rings. The lowest BCUT2D eigenvalue weighted by Crippen LogP contribution is -2.41. The van der Waals surface area contributed by atoms with Gasteiger partial charge in [-0.2, -0.15) is 10.2 Å². The fraction of sp³-hybridized carbons (Fsp3) is 0.556. The average molecular weight is 539 g/mol. The number of nitrogens with zero attached hydrogens (tertiary/aromatic N) is 5. The molecule has 0 bridgehead atoms. The first-order valence-corrected chi connectivity index (χ1v) is 14.2. The SMILES string of the molecule is C[C@H](Oc1cc(Cl)nc(-c2noc3c2CCC[C@@]32CCCc3sc(N)c(C#N)c32)n1)[C@@H]1[C@@H](C)CCN1C. The average Bonchev–Trinajstić information content (AvgIpc) is 3.54. The van der Waals surface area contributed by atoms with Crippen LogP contribution in [-0.4, -0.2) is 45.8 Å². The number of anilines is 1. The highest BCUT2D eigenvalue weighted by Gasteiger charge is 2.48. The van der Waals surface area contributed by atoms with Crippen LogP contribution in [0.4, 0.5) is 5.00 Å². The second kappa shape index (κ2) is 9.26. The number of nitrogens with two attached hydrogens (primary N) is 1. The van der Waals surface area contributed by atoms with Gasteiger partial charge >= 0.3 is 0 Å². The van der Waals surface area contributed by atoms with Crippen molar-refractivity contribution < 1.29 is 9.26 Å². The molecule has 2 N–H and O–H groups in total. The van der Waals surface area contributed by atoms with Crippen LogP contribution >= 0.6 is 22.9 Å². The van der Waals surface area contributed by atoms with Gasteiger partial charge in [-0.3, -0.25) is 4.90 Å². The Morgan fingerprint density at radius 3 is 2.84 bits per heavy atom. The third-order valence-corrected chi connectivity index (χ3v) is 9.83. The molecule has 10 heteroatoms. The maximum Gasteiger partial charge on any atom is 0.218 e. The predicted molar refractivity (Wildman–Crippen MR) is 143 cm³/mol. The van der Waals surface area contributed by atoms with E-state index in [1.807, 2.05) is 0 Å². The lowest BCUT2D eigenvalue weighted by molar-refractivity contribution is 0.0984. The zero-order valence-corrected chi connectivity index (χ0v) is 23.0. The Morgan fingerprint density at radius 2 is 2.11 bits per heavy atom. The fourth-order valence-corrected chi connectivity index (χ4v) is 8.36. The summed E-state index contributed by atoms with van der Waals surface area (Å²) in [6.07, 6.45) is 6.63. The van der Waals surface area contributed by atoms with Crippen LogP contribution in [0.25, 0.3) is 11.5 Å². The Kier molecular flexibility index (Phi) is 6.17. The smallest absolute Gasteiger partial charge is 0.218 e. The summed E-state index contributed by atoms with van der Waals surface area (Å²) in [5.74, 6) is 2.21. The minimum absolute atomic E-state index is 0.0510. The number of aryl methyl sites for hydroxylation is 1. The highest BCUT2D eigenvalue weighted by molar-refractivity contribution is 7.16. The van der Waals surface area contributed by atoms with Gasteiger partial charge in [0.05, 0.1) is 11.0 Å². The molecule has 4 atom stereocenters. The van der Waals surface area contributed by atoms with Gasteiger partial charge in [-0.25, -0.2) is 4.98 Å². The Labute approximate surface area is 225 Å². The minimum Gasteiger partial charge on any atom is -0.473 e. The van der Waals surface area contributed by atoms with E-state index in [1.165, 1.54) is 16.2 Å². The number of likely N-dealkylation sites (N-methyl/N-ethyl adjacent to an activating group) is 1. The molecule has 0 aromatic carbocycles. The first kappa shape index (κ1) is 24.7. The lowest BCUT2D eigenvalue weighted by atomic mass is 9.63. The predicted octanol–water partition coefficient (Wildman–Crippen LogP) is 5.37. The minimum atomic E-state index is -0.388. The molecule has 0 saturated carbocycles. The first-order chi connectivity index (χ1) is 17.8. The van der Waals surface area contributed by atoms with Crippen molar-refractivity contribution >= 4 is 27.9 Å². The maximum absolute atomic E-state index is 9.93. The van der Waals surface area contributed by atoms with Crippen LogP contribution in [0.3, 0.4) is 0 Å². The number of nitrogen functional groups attached to an aromatic ring is 1. The molecule has 2 aliphatic carbocycles. The van der Waals surface area contributed by atoms with E-state index in [4.69, 9.17) is 31.6 Å². The second-order valence-electron chi connectivity index (χ2n) is 10.8. The highest BCUT2D eigenvalue weighted by atomic mass is 35.5. The molecule has 3 aromatic rings. The summed E-state index contributed by atoms with van der Waals surface area (Å²) < 4.78 is 12.4. The van der Waals surface area contributed by atoms with Crippen LogP contribution in [0.15, 0.2) is 10.6 Å². The van der Waals surface area contributed by atoms with Crippen LogP contribution in [0, 0.1) is 17.2 Å². The molecular formula is C27H31ClN6O2S. The van der Waals surface area contributed by atoms with Crippen molar-refractivity contribution in [1.82, 2.24) is 20.0 Å². The van der Waals surface area contributed by atoms with Crippen molar-refractivity contribution in [1.29, 1.82) is 5.26 Å². The number of hydrogen-bond acceptors (Lipinski definition) is 9. The van der Waals surface area contributed by atoms with Crippen molar-refractivity contribution in [2.75, 3.05) is 19.3 Å². The number of thiophene rings is 1. The third-order valence-electron chi connectivity index (χ3n) is 8.56. The van der Waals surface area contributed by atoms with Gasteiger partial charge in [0, 0.05) is 22.5 Å². The van der Waals surface area contributed by atoms with Crippen molar-refractivity contribution in [2.24, 2.45) is 5.92 Å². The van der Waals surface area contributed by atoms with Crippen molar-refractivity contribution in [3.05, 3.63) is 38.5 Å². The summed E-state index contributed by atoms with van der Waals surface area (Å²) in [4.78, 5) is 12.8. The Balaban J connectivity index is 1.38. The molecule has 1 aliphatic heterocycles. The van der Waals surface area contributed by atoms with Gasteiger partial charge in [0.2, 0.25) is 5.88 Å². The van der Waals surface area contributed by atoms with Crippen molar-refractivity contribution in [2.45, 2.75) is 76.4 Å². The molecule has 8 nitrogen and oxygen atoms in total. The summed E-state index contributed by atoms with van der Waals surface area (Å²) in [6.45, 7) is 5.41. The molecule has 3 aliphatic rings. The summed E-state index contributed by atoms with van der Waals surface area (Å²) in [7, 11) is 2.14. The number of rotatable bonds is 4. The molecule has 194 valence electrons. The van der Waals surface area contributed by atoms with Crippen LogP contribution in [0.5, 0.6) is 5.88 Å². The number of ether oxygens (including phenoxy) is 1. The van der Waals surface area contributed by atoms with E-state index in [-0.39, 0.29) is 11.5 Å². The highest BCUT2D eigenvalue weighted by Crippen LogP contribution is 2.55. The van der Waals surface area contributed by atoms with E-state index in [2.05, 4.69) is 42.0 Å². The number of fused-ring (bicyclic) bond motifs is 4. The molecule has 37 heavy (non-hydrogen) atoms. The Morgan fingerprint density at radius 1 is 1.32 bits per heavy atom. The van der Waals surface area contributed by atoms with E-state index in [0.29, 0.717) is 45.1 Å². The summed E-state index contributed by atoms with van der Waals surface area (Å²) in [5, 5.41) is 15.3. The normalized spacial score (nSPS) is 26.0. The van der Waals surface area contributed by atoms with Crippen LogP contribution < -0.4 is 10.5 Å². The molecule has 1 spiro atoms. The van der Waals surface area contributed by atoms with Crippen molar-refractivity contribution in [3.63, 3.8) is 0 Å². The molecular weight excluding hydrogens is 508 g/mol. The van der Waals surface area contributed by atoms with Gasteiger partial charge in [-0.1, -0.05) is 23.7 Å². The quantitative estimate of drug-likeness (QED) is 0.441. The molecule has 3 aromatic heterocycles. The van der Waals surface area contributed by atoms with Crippen LogP contribution in [0.1, 0.15) is 73.3 Å². The number of hydrogen-bond donors (Lipinski definition) is 1. The van der Waals surface area contributed by atoms with E-state index in [1.54, 1.807) is 6.07 Å². The number of halogens is 1. The van der Waals surface area contributed by atoms with Gasteiger partial charge in [0.25, 0.3) is 0 Å².